The second-order valence-corrected chi connectivity index (χ2v) is 4.28. The average molecular weight is 327 g/mol. The van der Waals surface area contributed by atoms with Crippen molar-refractivity contribution < 1.29 is 41.1 Å². The fraction of sp³-hybridized carbons (Fsp3) is 0.250. The summed E-state index contributed by atoms with van der Waals surface area (Å²) in [5.41, 5.74) is -2.14. The molecule has 0 radical (unpaired) electrons. The van der Waals surface area contributed by atoms with E-state index < -0.39 is 41.8 Å². The quantitative estimate of drug-likeness (QED) is 0.847. The molecule has 0 aliphatic carbocycles. The predicted molar refractivity (Wildman–Crippen MR) is 60.6 cm³/mol. The molecule has 0 atom stereocenters. The first-order chi connectivity index (χ1) is 10.00. The number of hydrogen-bond donors (Lipinski definition) is 1. The van der Waals surface area contributed by atoms with Crippen LogP contribution in [0.2, 0.25) is 0 Å². The van der Waals surface area contributed by atoms with Crippen molar-refractivity contribution in [3.8, 4) is 0 Å². The number of anilines is 1. The highest BCUT2D eigenvalue weighted by Gasteiger charge is 2.46. The SMILES string of the molecule is O=C(O)C1=C(C(F)(F)F)ON(c2ccc(C(F)(F)F)cc2)C1. The third kappa shape index (κ3) is 3.10. The minimum absolute atomic E-state index is 0.133. The molecule has 1 aromatic rings. The Balaban J connectivity index is 2.26. The maximum absolute atomic E-state index is 12.7. The zero-order valence-electron chi connectivity index (χ0n) is 10.5. The van der Waals surface area contributed by atoms with Gasteiger partial charge in [-0.25, -0.2) is 9.86 Å². The first-order valence-corrected chi connectivity index (χ1v) is 5.66. The highest BCUT2D eigenvalue weighted by molar-refractivity contribution is 5.89. The molecule has 0 saturated carbocycles. The highest BCUT2D eigenvalue weighted by Crippen LogP contribution is 2.37. The summed E-state index contributed by atoms with van der Waals surface area (Å²) in [6.07, 6.45) is -9.61. The van der Waals surface area contributed by atoms with Gasteiger partial charge in [-0.05, 0) is 24.3 Å². The minimum Gasteiger partial charge on any atom is -0.478 e. The lowest BCUT2D eigenvalue weighted by molar-refractivity contribution is -0.138. The molecule has 1 aliphatic heterocycles. The fourth-order valence-corrected chi connectivity index (χ4v) is 1.76. The number of alkyl halides is 6. The smallest absolute Gasteiger partial charge is 0.452 e. The molecular weight excluding hydrogens is 320 g/mol. The summed E-state index contributed by atoms with van der Waals surface area (Å²) in [5, 5.41) is 9.31. The van der Waals surface area contributed by atoms with Gasteiger partial charge in [0.25, 0.3) is 0 Å². The molecule has 0 spiro atoms. The zero-order valence-corrected chi connectivity index (χ0v) is 10.5. The lowest BCUT2D eigenvalue weighted by atomic mass is 10.2. The molecule has 4 nitrogen and oxygen atoms in total. The predicted octanol–water partition coefficient (Wildman–Crippen LogP) is 3.36. The first kappa shape index (κ1) is 16.0. The van der Waals surface area contributed by atoms with E-state index in [1.807, 2.05) is 0 Å². The first-order valence-electron chi connectivity index (χ1n) is 5.66. The van der Waals surface area contributed by atoms with Crippen molar-refractivity contribution in [3.63, 3.8) is 0 Å². The summed E-state index contributed by atoms with van der Waals surface area (Å²) in [7, 11) is 0. The van der Waals surface area contributed by atoms with Crippen LogP contribution in [0.4, 0.5) is 32.0 Å². The van der Waals surface area contributed by atoms with Gasteiger partial charge in [-0.15, -0.1) is 0 Å². The highest BCUT2D eigenvalue weighted by atomic mass is 19.4. The van der Waals surface area contributed by atoms with Crippen molar-refractivity contribution in [2.45, 2.75) is 12.4 Å². The van der Waals surface area contributed by atoms with Crippen LogP contribution in [-0.2, 0) is 15.8 Å². The maximum atomic E-state index is 12.7. The molecular formula is C12H7F6NO3. The van der Waals surface area contributed by atoms with Gasteiger partial charge in [0.2, 0.25) is 5.76 Å². The van der Waals surface area contributed by atoms with E-state index >= 15 is 0 Å². The van der Waals surface area contributed by atoms with Gasteiger partial charge in [0, 0.05) is 0 Å². The van der Waals surface area contributed by atoms with Crippen LogP contribution in [0.1, 0.15) is 5.56 Å². The van der Waals surface area contributed by atoms with Crippen LogP contribution in [0.5, 0.6) is 0 Å². The Morgan fingerprint density at radius 1 is 1.05 bits per heavy atom. The van der Waals surface area contributed by atoms with Crippen LogP contribution in [0.15, 0.2) is 35.6 Å². The van der Waals surface area contributed by atoms with Gasteiger partial charge in [-0.2, -0.15) is 26.3 Å². The van der Waals surface area contributed by atoms with E-state index in [0.717, 1.165) is 12.1 Å². The number of hydrogen-bond acceptors (Lipinski definition) is 3. The molecule has 120 valence electrons. The number of aliphatic carboxylic acids is 1. The van der Waals surface area contributed by atoms with Crippen LogP contribution >= 0.6 is 0 Å². The van der Waals surface area contributed by atoms with E-state index in [-0.39, 0.29) is 5.69 Å². The molecule has 0 bridgehead atoms. The van der Waals surface area contributed by atoms with Gasteiger partial charge < -0.3 is 9.94 Å². The van der Waals surface area contributed by atoms with Crippen LogP contribution in [0, 0.1) is 0 Å². The summed E-state index contributed by atoms with van der Waals surface area (Å²) in [4.78, 5) is 15.2. The van der Waals surface area contributed by atoms with Crippen molar-refractivity contribution in [1.29, 1.82) is 0 Å². The van der Waals surface area contributed by atoms with Gasteiger partial charge in [0.05, 0.1) is 17.8 Å². The van der Waals surface area contributed by atoms with E-state index in [1.165, 1.54) is 0 Å². The Bertz CT molecular complexity index is 617. The molecule has 0 saturated heterocycles. The van der Waals surface area contributed by atoms with E-state index in [0.29, 0.717) is 17.2 Å². The molecule has 0 unspecified atom stereocenters. The van der Waals surface area contributed by atoms with Crippen molar-refractivity contribution in [2.24, 2.45) is 0 Å². The largest absolute Gasteiger partial charge is 0.478 e. The lowest BCUT2D eigenvalue weighted by Crippen LogP contribution is -2.21. The maximum Gasteiger partial charge on any atom is 0.452 e. The van der Waals surface area contributed by atoms with Crippen molar-refractivity contribution in [2.75, 3.05) is 11.6 Å². The number of halogens is 6. The van der Waals surface area contributed by atoms with Crippen molar-refractivity contribution in [3.05, 3.63) is 41.2 Å². The number of carboxylic acid groups (broad SMARTS) is 1. The molecule has 0 amide bonds. The van der Waals surface area contributed by atoms with E-state index in [4.69, 9.17) is 5.11 Å². The number of allylic oxidation sites excluding steroid dienone is 1. The summed E-state index contributed by atoms with van der Waals surface area (Å²) < 4.78 is 75.2. The third-order valence-corrected chi connectivity index (χ3v) is 2.78. The van der Waals surface area contributed by atoms with Gasteiger partial charge in [-0.3, -0.25) is 0 Å². The monoisotopic (exact) mass is 327 g/mol. The number of nitrogens with zero attached hydrogens (tertiary/aromatic N) is 1. The lowest BCUT2D eigenvalue weighted by Gasteiger charge is -2.19. The Morgan fingerprint density at radius 3 is 1.95 bits per heavy atom. The molecule has 22 heavy (non-hydrogen) atoms. The molecule has 1 aliphatic rings. The molecule has 1 heterocycles. The molecule has 1 N–H and O–H groups in total. The van der Waals surface area contributed by atoms with Gasteiger partial charge >= 0.3 is 18.3 Å². The Labute approximate surface area is 119 Å². The Morgan fingerprint density at radius 2 is 1.59 bits per heavy atom. The minimum atomic E-state index is -5.02. The second-order valence-electron chi connectivity index (χ2n) is 4.28. The third-order valence-electron chi connectivity index (χ3n) is 2.78. The average Bonchev–Trinajstić information content (AvgIpc) is 2.83. The summed E-state index contributed by atoms with van der Waals surface area (Å²) in [5.74, 6) is -3.51. The number of hydroxylamine groups is 1. The number of benzene rings is 1. The molecule has 1 aromatic carbocycles. The zero-order chi connectivity index (χ0) is 16.7. The van der Waals surface area contributed by atoms with E-state index in [2.05, 4.69) is 4.84 Å². The number of carbonyl (C=O) groups is 1. The summed E-state index contributed by atoms with van der Waals surface area (Å²) in [6.45, 7) is -0.741. The van der Waals surface area contributed by atoms with Crippen LogP contribution in [0.3, 0.4) is 0 Å². The second kappa shape index (κ2) is 5.11. The topological polar surface area (TPSA) is 49.8 Å². The Hall–Kier alpha value is -2.39. The van der Waals surface area contributed by atoms with E-state index in [1.54, 1.807) is 0 Å². The molecule has 10 heteroatoms. The van der Waals surface area contributed by atoms with E-state index in [9.17, 15) is 31.1 Å². The summed E-state index contributed by atoms with van der Waals surface area (Å²) in [6, 6.07) is 3.10. The number of rotatable bonds is 2. The normalized spacial score (nSPS) is 16.0. The molecule has 2 rings (SSSR count). The van der Waals surface area contributed by atoms with Crippen LogP contribution in [-0.4, -0.2) is 23.8 Å². The number of carboxylic acids is 1. The molecule has 0 aromatic heterocycles. The van der Waals surface area contributed by atoms with Crippen LogP contribution < -0.4 is 5.06 Å². The fourth-order valence-electron chi connectivity index (χ4n) is 1.76. The summed E-state index contributed by atoms with van der Waals surface area (Å²) >= 11 is 0. The van der Waals surface area contributed by atoms with Gasteiger partial charge in [0.15, 0.2) is 0 Å². The molecule has 0 fully saturated rings. The van der Waals surface area contributed by atoms with Crippen molar-refractivity contribution >= 4 is 11.7 Å². The standard InChI is InChI=1S/C12H7F6NO3/c13-11(14,15)6-1-3-7(4-2-6)19-5-8(10(20)21)9(22-19)12(16,17)18/h1-4H,5H2,(H,20,21). The van der Waals surface area contributed by atoms with Gasteiger partial charge in [0.1, 0.15) is 5.57 Å². The Kier molecular flexibility index (Phi) is 3.71. The van der Waals surface area contributed by atoms with Gasteiger partial charge in [-0.1, -0.05) is 0 Å². The van der Waals surface area contributed by atoms with Crippen molar-refractivity contribution in [1.82, 2.24) is 0 Å². The van der Waals surface area contributed by atoms with Crippen LogP contribution in [0.25, 0.3) is 0 Å².